The molecule has 0 amide bonds. The molecule has 126 valence electrons. The highest BCUT2D eigenvalue weighted by atomic mass is 15.3. The molecular formula is C22H28N2. The highest BCUT2D eigenvalue weighted by Gasteiger charge is 2.42. The predicted octanol–water partition coefficient (Wildman–Crippen LogP) is 5.77. The van der Waals surface area contributed by atoms with Gasteiger partial charge in [-0.2, -0.15) is 5.10 Å². The lowest BCUT2D eigenvalue weighted by Gasteiger charge is -2.23. The number of nitrogens with zero attached hydrogens (tertiary/aromatic N) is 1. The van der Waals surface area contributed by atoms with Gasteiger partial charge in [0, 0.05) is 0 Å². The van der Waals surface area contributed by atoms with Gasteiger partial charge in [-0.25, -0.2) is 0 Å². The fourth-order valence-corrected chi connectivity index (χ4v) is 4.28. The number of para-hydroxylation sites is 1. The summed E-state index contributed by atoms with van der Waals surface area (Å²) in [5.74, 6) is 3.53. The second-order valence-corrected chi connectivity index (χ2v) is 7.33. The molecule has 2 aromatic carbocycles. The van der Waals surface area contributed by atoms with E-state index >= 15 is 0 Å². The van der Waals surface area contributed by atoms with Crippen LogP contribution >= 0.6 is 0 Å². The maximum Gasteiger partial charge on any atom is 0.0561 e. The minimum atomic E-state index is 0.606. The van der Waals surface area contributed by atoms with Crippen LogP contribution in [0, 0.1) is 23.7 Å². The SMILES string of the molecule is CC1C(C)C(C)C(c2ccccc2/C=N/Nc2ccccc2)C1C. The molecule has 0 radical (unpaired) electrons. The van der Waals surface area contributed by atoms with Crippen LogP contribution in [0.5, 0.6) is 0 Å². The first kappa shape index (κ1) is 16.8. The van der Waals surface area contributed by atoms with Crippen molar-refractivity contribution in [3.05, 3.63) is 65.7 Å². The Hall–Kier alpha value is -2.09. The van der Waals surface area contributed by atoms with Crippen LogP contribution in [0.15, 0.2) is 59.7 Å². The van der Waals surface area contributed by atoms with Gasteiger partial charge in [-0.05, 0) is 52.8 Å². The summed E-state index contributed by atoms with van der Waals surface area (Å²) in [5, 5.41) is 4.46. The number of benzene rings is 2. The number of hydrogen-bond acceptors (Lipinski definition) is 2. The number of rotatable bonds is 4. The summed E-state index contributed by atoms with van der Waals surface area (Å²) in [5.41, 5.74) is 6.80. The first-order valence-corrected chi connectivity index (χ1v) is 9.02. The first-order valence-electron chi connectivity index (χ1n) is 9.02. The summed E-state index contributed by atoms with van der Waals surface area (Å²) < 4.78 is 0. The quantitative estimate of drug-likeness (QED) is 0.561. The van der Waals surface area contributed by atoms with Crippen molar-refractivity contribution in [2.75, 3.05) is 5.43 Å². The molecule has 2 aromatic rings. The van der Waals surface area contributed by atoms with Gasteiger partial charge in [0.15, 0.2) is 0 Å². The topological polar surface area (TPSA) is 24.4 Å². The molecule has 1 N–H and O–H groups in total. The van der Waals surface area contributed by atoms with Crippen molar-refractivity contribution in [2.24, 2.45) is 28.8 Å². The van der Waals surface area contributed by atoms with Gasteiger partial charge < -0.3 is 0 Å². The smallest absolute Gasteiger partial charge is 0.0561 e. The molecular weight excluding hydrogens is 292 g/mol. The average molecular weight is 320 g/mol. The van der Waals surface area contributed by atoms with Crippen molar-refractivity contribution in [3.8, 4) is 0 Å². The average Bonchev–Trinajstić information content (AvgIpc) is 2.80. The van der Waals surface area contributed by atoms with E-state index in [0.717, 1.165) is 17.5 Å². The Morgan fingerprint density at radius 3 is 2.00 bits per heavy atom. The molecule has 24 heavy (non-hydrogen) atoms. The Bertz CT molecular complexity index is 678. The van der Waals surface area contributed by atoms with Crippen LogP contribution in [0.2, 0.25) is 0 Å². The first-order chi connectivity index (χ1) is 11.6. The fourth-order valence-electron chi connectivity index (χ4n) is 4.28. The molecule has 0 saturated heterocycles. The van der Waals surface area contributed by atoms with Crippen molar-refractivity contribution >= 4 is 11.9 Å². The standard InChI is InChI=1S/C22H28N2/c1-15-16(2)18(4)22(17(15)3)21-13-9-8-10-19(21)14-23-24-20-11-6-5-7-12-20/h5-18,22,24H,1-4H3/b23-14+. The minimum absolute atomic E-state index is 0.606. The van der Waals surface area contributed by atoms with Gasteiger partial charge in [0.25, 0.3) is 0 Å². The number of hydrogen-bond donors (Lipinski definition) is 1. The summed E-state index contributed by atoms with van der Waals surface area (Å²) >= 11 is 0. The van der Waals surface area contributed by atoms with Crippen molar-refractivity contribution in [2.45, 2.75) is 33.6 Å². The molecule has 4 atom stereocenters. The third kappa shape index (κ3) is 3.24. The zero-order valence-corrected chi connectivity index (χ0v) is 15.1. The second kappa shape index (κ2) is 7.21. The van der Waals surface area contributed by atoms with Crippen LogP contribution in [0.4, 0.5) is 5.69 Å². The van der Waals surface area contributed by atoms with Crippen molar-refractivity contribution < 1.29 is 0 Å². The van der Waals surface area contributed by atoms with Gasteiger partial charge in [0.2, 0.25) is 0 Å². The monoisotopic (exact) mass is 320 g/mol. The van der Waals surface area contributed by atoms with E-state index < -0.39 is 0 Å². The van der Waals surface area contributed by atoms with Gasteiger partial charge in [0.05, 0.1) is 11.9 Å². The van der Waals surface area contributed by atoms with Crippen LogP contribution in [0.25, 0.3) is 0 Å². The molecule has 4 unspecified atom stereocenters. The summed E-state index contributed by atoms with van der Waals surface area (Å²) in [7, 11) is 0. The Morgan fingerprint density at radius 1 is 0.750 bits per heavy atom. The Kier molecular flexibility index (Phi) is 5.03. The largest absolute Gasteiger partial charge is 0.279 e. The highest BCUT2D eigenvalue weighted by Crippen LogP contribution is 2.51. The number of nitrogens with one attached hydrogen (secondary N) is 1. The van der Waals surface area contributed by atoms with Crippen LogP contribution in [0.1, 0.15) is 44.7 Å². The molecule has 3 rings (SSSR count). The summed E-state index contributed by atoms with van der Waals surface area (Å²) in [6.45, 7) is 9.62. The lowest BCUT2D eigenvalue weighted by atomic mass is 9.81. The van der Waals surface area contributed by atoms with E-state index in [1.165, 1.54) is 11.1 Å². The lowest BCUT2D eigenvalue weighted by Crippen LogP contribution is -2.13. The molecule has 0 spiro atoms. The zero-order valence-electron chi connectivity index (χ0n) is 15.1. The van der Waals surface area contributed by atoms with Gasteiger partial charge in [0.1, 0.15) is 0 Å². The van der Waals surface area contributed by atoms with Crippen molar-refractivity contribution in [1.82, 2.24) is 0 Å². The molecule has 0 aliphatic heterocycles. The van der Waals surface area contributed by atoms with Crippen molar-refractivity contribution in [3.63, 3.8) is 0 Å². The van der Waals surface area contributed by atoms with E-state index in [4.69, 9.17) is 0 Å². The lowest BCUT2D eigenvalue weighted by molar-refractivity contribution is 0.352. The second-order valence-electron chi connectivity index (χ2n) is 7.33. The molecule has 0 aromatic heterocycles. The normalized spacial score (nSPS) is 29.9. The summed E-state index contributed by atoms with van der Waals surface area (Å²) in [6.07, 6.45) is 1.97. The van der Waals surface area contributed by atoms with Crippen LogP contribution in [0.3, 0.4) is 0 Å². The van der Waals surface area contributed by atoms with E-state index in [1.54, 1.807) is 0 Å². The van der Waals surface area contributed by atoms with Crippen molar-refractivity contribution in [1.29, 1.82) is 0 Å². The van der Waals surface area contributed by atoms with E-state index in [9.17, 15) is 0 Å². The van der Waals surface area contributed by atoms with Gasteiger partial charge in [-0.15, -0.1) is 0 Å². The molecule has 1 aliphatic rings. The van der Waals surface area contributed by atoms with E-state index in [0.29, 0.717) is 17.8 Å². The molecule has 0 bridgehead atoms. The minimum Gasteiger partial charge on any atom is -0.279 e. The predicted molar refractivity (Wildman–Crippen MR) is 103 cm³/mol. The zero-order chi connectivity index (χ0) is 17.1. The molecule has 1 saturated carbocycles. The molecule has 0 heterocycles. The van der Waals surface area contributed by atoms with E-state index in [1.807, 2.05) is 36.5 Å². The van der Waals surface area contributed by atoms with E-state index in [2.05, 4.69) is 62.5 Å². The van der Waals surface area contributed by atoms with E-state index in [-0.39, 0.29) is 0 Å². The molecule has 2 nitrogen and oxygen atoms in total. The molecule has 1 fully saturated rings. The highest BCUT2D eigenvalue weighted by molar-refractivity contribution is 5.82. The Balaban J connectivity index is 1.83. The van der Waals surface area contributed by atoms with Crippen LogP contribution in [-0.2, 0) is 0 Å². The Labute approximate surface area is 146 Å². The molecule has 1 aliphatic carbocycles. The maximum atomic E-state index is 4.46. The summed E-state index contributed by atoms with van der Waals surface area (Å²) in [4.78, 5) is 0. The maximum absolute atomic E-state index is 4.46. The number of hydrazone groups is 1. The van der Waals surface area contributed by atoms with Gasteiger partial charge >= 0.3 is 0 Å². The third-order valence-corrected chi connectivity index (χ3v) is 6.15. The molecule has 2 heteroatoms. The third-order valence-electron chi connectivity index (χ3n) is 6.15. The van der Waals surface area contributed by atoms with Gasteiger partial charge in [-0.1, -0.05) is 70.2 Å². The summed E-state index contributed by atoms with van der Waals surface area (Å²) in [6, 6.07) is 18.8. The van der Waals surface area contributed by atoms with Gasteiger partial charge in [-0.3, -0.25) is 5.43 Å². The van der Waals surface area contributed by atoms with Crippen LogP contribution in [-0.4, -0.2) is 6.21 Å². The fraction of sp³-hybridized carbons (Fsp3) is 0.409. The number of anilines is 1. The Morgan fingerprint density at radius 2 is 1.33 bits per heavy atom. The van der Waals surface area contributed by atoms with Crippen LogP contribution < -0.4 is 5.43 Å².